The Balaban J connectivity index is 2.54. The zero-order valence-corrected chi connectivity index (χ0v) is 13.0. The highest BCUT2D eigenvalue weighted by atomic mass is 14.6. The number of rotatable bonds is 4. The third kappa shape index (κ3) is 2.72. The van der Waals surface area contributed by atoms with E-state index in [2.05, 4.69) is 45.9 Å². The van der Waals surface area contributed by atoms with Gasteiger partial charge in [-0.25, -0.2) is 0 Å². The van der Waals surface area contributed by atoms with Crippen molar-refractivity contribution in [3.63, 3.8) is 0 Å². The summed E-state index contributed by atoms with van der Waals surface area (Å²) in [4.78, 5) is 0. The van der Waals surface area contributed by atoms with Crippen molar-refractivity contribution < 1.29 is 0 Å². The summed E-state index contributed by atoms with van der Waals surface area (Å²) in [6.45, 7) is 9.95. The second-order valence-electron chi connectivity index (χ2n) is 6.85. The maximum atomic E-state index is 6.20. The molecule has 2 N–H and O–H groups in total. The van der Waals surface area contributed by atoms with E-state index in [1.54, 1.807) is 5.56 Å². The van der Waals surface area contributed by atoms with E-state index in [9.17, 15) is 0 Å². The highest BCUT2D eigenvalue weighted by Gasteiger charge is 2.36. The van der Waals surface area contributed by atoms with E-state index in [4.69, 9.17) is 5.73 Å². The minimum atomic E-state index is 0.254. The average molecular weight is 259 g/mol. The molecule has 0 aliphatic heterocycles. The number of hydrogen-bond acceptors (Lipinski definition) is 1. The van der Waals surface area contributed by atoms with Crippen molar-refractivity contribution in [2.45, 2.75) is 70.6 Å². The molecule has 1 fully saturated rings. The molecule has 0 atom stereocenters. The van der Waals surface area contributed by atoms with Crippen molar-refractivity contribution in [3.8, 4) is 0 Å². The lowest BCUT2D eigenvalue weighted by Crippen LogP contribution is -2.33. The molecule has 1 aromatic carbocycles. The molecule has 0 spiro atoms. The van der Waals surface area contributed by atoms with E-state index in [0.29, 0.717) is 11.8 Å². The monoisotopic (exact) mass is 259 g/mol. The SMILES string of the molecule is CC(C)c1ccc(C(C)C)c(C2(CN)CCCC2)c1. The van der Waals surface area contributed by atoms with Gasteiger partial charge in [-0.2, -0.15) is 0 Å². The van der Waals surface area contributed by atoms with Gasteiger partial charge in [-0.05, 0) is 41.4 Å². The molecule has 0 unspecified atom stereocenters. The lowest BCUT2D eigenvalue weighted by atomic mass is 9.73. The standard InChI is InChI=1S/C18H29N/c1-13(2)15-7-8-16(14(3)4)17(11-15)18(12-19)9-5-6-10-18/h7-8,11,13-14H,5-6,9-10,12,19H2,1-4H3. The van der Waals surface area contributed by atoms with Gasteiger partial charge in [0, 0.05) is 12.0 Å². The fourth-order valence-electron chi connectivity index (χ4n) is 3.53. The lowest BCUT2D eigenvalue weighted by Gasteiger charge is -2.32. The van der Waals surface area contributed by atoms with Gasteiger partial charge in [0.05, 0.1) is 0 Å². The molecule has 0 heterocycles. The number of hydrogen-bond donors (Lipinski definition) is 1. The zero-order valence-electron chi connectivity index (χ0n) is 13.0. The average Bonchev–Trinajstić information content (AvgIpc) is 2.87. The summed E-state index contributed by atoms with van der Waals surface area (Å²) in [5.74, 6) is 1.18. The van der Waals surface area contributed by atoms with Crippen LogP contribution in [0.25, 0.3) is 0 Å². The van der Waals surface area contributed by atoms with Crippen LogP contribution >= 0.6 is 0 Å². The van der Waals surface area contributed by atoms with Gasteiger partial charge in [0.2, 0.25) is 0 Å². The highest BCUT2D eigenvalue weighted by Crippen LogP contribution is 2.44. The summed E-state index contributed by atoms with van der Waals surface area (Å²) in [6, 6.07) is 7.12. The molecular formula is C18H29N. The highest BCUT2D eigenvalue weighted by molar-refractivity contribution is 5.41. The van der Waals surface area contributed by atoms with E-state index in [1.807, 2.05) is 0 Å². The van der Waals surface area contributed by atoms with Gasteiger partial charge in [0.15, 0.2) is 0 Å². The van der Waals surface area contributed by atoms with Gasteiger partial charge in [0.1, 0.15) is 0 Å². The Bertz CT molecular complexity index is 425. The topological polar surface area (TPSA) is 26.0 Å². The Hall–Kier alpha value is -0.820. The minimum Gasteiger partial charge on any atom is -0.330 e. The van der Waals surface area contributed by atoms with Crippen LogP contribution in [0.3, 0.4) is 0 Å². The minimum absolute atomic E-state index is 0.254. The second kappa shape index (κ2) is 5.66. The van der Waals surface area contributed by atoms with Gasteiger partial charge in [-0.15, -0.1) is 0 Å². The van der Waals surface area contributed by atoms with Crippen molar-refractivity contribution in [1.29, 1.82) is 0 Å². The van der Waals surface area contributed by atoms with E-state index in [-0.39, 0.29) is 5.41 Å². The van der Waals surface area contributed by atoms with Gasteiger partial charge in [-0.3, -0.25) is 0 Å². The van der Waals surface area contributed by atoms with Crippen LogP contribution in [0.2, 0.25) is 0 Å². The fourth-order valence-corrected chi connectivity index (χ4v) is 3.53. The third-order valence-electron chi connectivity index (χ3n) is 4.89. The summed E-state index contributed by atoms with van der Waals surface area (Å²) >= 11 is 0. The molecule has 1 nitrogen and oxygen atoms in total. The van der Waals surface area contributed by atoms with Gasteiger partial charge >= 0.3 is 0 Å². The molecule has 0 saturated heterocycles. The quantitative estimate of drug-likeness (QED) is 0.833. The van der Waals surface area contributed by atoms with Gasteiger partial charge in [0.25, 0.3) is 0 Å². The first-order chi connectivity index (χ1) is 9.00. The predicted molar refractivity (Wildman–Crippen MR) is 83.8 cm³/mol. The Morgan fingerprint density at radius 3 is 2.16 bits per heavy atom. The van der Waals surface area contributed by atoms with Crippen molar-refractivity contribution in [2.24, 2.45) is 5.73 Å². The Morgan fingerprint density at radius 2 is 1.68 bits per heavy atom. The first kappa shape index (κ1) is 14.6. The summed E-state index contributed by atoms with van der Waals surface area (Å²) < 4.78 is 0. The molecule has 19 heavy (non-hydrogen) atoms. The van der Waals surface area contributed by atoms with Crippen LogP contribution in [-0.4, -0.2) is 6.54 Å². The van der Waals surface area contributed by atoms with Crippen molar-refractivity contribution >= 4 is 0 Å². The maximum absolute atomic E-state index is 6.20. The van der Waals surface area contributed by atoms with Crippen molar-refractivity contribution in [2.75, 3.05) is 6.54 Å². The van der Waals surface area contributed by atoms with E-state index >= 15 is 0 Å². The molecule has 0 radical (unpaired) electrons. The first-order valence-electron chi connectivity index (χ1n) is 7.84. The molecule has 0 amide bonds. The molecule has 0 bridgehead atoms. The van der Waals surface area contributed by atoms with Crippen molar-refractivity contribution in [1.82, 2.24) is 0 Å². The summed E-state index contributed by atoms with van der Waals surface area (Å²) in [7, 11) is 0. The summed E-state index contributed by atoms with van der Waals surface area (Å²) in [5, 5.41) is 0. The molecular weight excluding hydrogens is 230 g/mol. The molecule has 106 valence electrons. The molecule has 0 aromatic heterocycles. The van der Waals surface area contributed by atoms with Gasteiger partial charge in [-0.1, -0.05) is 58.7 Å². The van der Waals surface area contributed by atoms with Crippen LogP contribution < -0.4 is 5.73 Å². The molecule has 1 aliphatic rings. The van der Waals surface area contributed by atoms with E-state index in [1.165, 1.54) is 36.8 Å². The zero-order chi connectivity index (χ0) is 14.0. The number of benzene rings is 1. The van der Waals surface area contributed by atoms with E-state index < -0.39 is 0 Å². The molecule has 1 saturated carbocycles. The van der Waals surface area contributed by atoms with Crippen LogP contribution in [-0.2, 0) is 5.41 Å². The van der Waals surface area contributed by atoms with Crippen molar-refractivity contribution in [3.05, 3.63) is 34.9 Å². The predicted octanol–water partition coefficient (Wildman–Crippen LogP) is 4.70. The van der Waals surface area contributed by atoms with Crippen LogP contribution in [0.15, 0.2) is 18.2 Å². The van der Waals surface area contributed by atoms with Crippen LogP contribution in [0, 0.1) is 0 Å². The number of nitrogens with two attached hydrogens (primary N) is 1. The molecule has 1 heteroatoms. The Labute approximate surface area is 118 Å². The Morgan fingerprint density at radius 1 is 1.05 bits per heavy atom. The summed E-state index contributed by atoms with van der Waals surface area (Å²) in [6.07, 6.45) is 5.21. The molecule has 2 rings (SSSR count). The van der Waals surface area contributed by atoms with Crippen LogP contribution in [0.4, 0.5) is 0 Å². The van der Waals surface area contributed by atoms with Crippen LogP contribution in [0.1, 0.15) is 81.9 Å². The smallest absolute Gasteiger partial charge is 0.00784 e. The normalized spacial score (nSPS) is 18.5. The Kier molecular flexibility index (Phi) is 4.35. The molecule has 1 aliphatic carbocycles. The van der Waals surface area contributed by atoms with E-state index in [0.717, 1.165) is 6.54 Å². The maximum Gasteiger partial charge on any atom is 0.00784 e. The molecule has 1 aromatic rings. The fraction of sp³-hybridized carbons (Fsp3) is 0.667. The third-order valence-corrected chi connectivity index (χ3v) is 4.89. The lowest BCUT2D eigenvalue weighted by molar-refractivity contribution is 0.446. The first-order valence-corrected chi connectivity index (χ1v) is 7.84. The van der Waals surface area contributed by atoms with Gasteiger partial charge < -0.3 is 5.73 Å². The largest absolute Gasteiger partial charge is 0.330 e. The summed E-state index contributed by atoms with van der Waals surface area (Å²) in [5.41, 5.74) is 11.0. The second-order valence-corrected chi connectivity index (χ2v) is 6.85. The van der Waals surface area contributed by atoms with Crippen LogP contribution in [0.5, 0.6) is 0 Å².